The summed E-state index contributed by atoms with van der Waals surface area (Å²) in [5, 5.41) is 64.4. The lowest BCUT2D eigenvalue weighted by Crippen LogP contribution is -2.68. The summed E-state index contributed by atoms with van der Waals surface area (Å²) in [5.41, 5.74) is -3.09. The molecule has 308 valence electrons. The van der Waals surface area contributed by atoms with Crippen LogP contribution in [0.15, 0.2) is 40.2 Å². The Morgan fingerprint density at radius 1 is 0.982 bits per heavy atom. The van der Waals surface area contributed by atoms with Crippen molar-refractivity contribution in [3.8, 4) is 0 Å². The van der Waals surface area contributed by atoms with Crippen LogP contribution in [0, 0.1) is 62.6 Å². The number of aliphatic carboxylic acids is 1. The van der Waals surface area contributed by atoms with E-state index in [0.29, 0.717) is 30.4 Å². The second-order valence-corrected chi connectivity index (χ2v) is 20.2. The van der Waals surface area contributed by atoms with E-state index < -0.39 is 64.9 Å². The predicted octanol–water partition coefficient (Wildman–Crippen LogP) is 3.60. The topological polar surface area (TPSA) is 213 Å². The largest absolute Gasteiger partial charge is 0.481 e. The quantitative estimate of drug-likeness (QED) is 0.224. The highest BCUT2D eigenvalue weighted by Gasteiger charge is 2.72. The summed E-state index contributed by atoms with van der Waals surface area (Å²) in [7, 11) is 0. The lowest BCUT2D eigenvalue weighted by atomic mass is 9.31. The Labute approximate surface area is 327 Å². The number of nitrogens with one attached hydrogen (secondary N) is 1. The van der Waals surface area contributed by atoms with Gasteiger partial charge >= 0.3 is 11.7 Å². The monoisotopic (exact) mass is 779 g/mol. The number of ether oxygens (including phenoxy) is 1. The normalized spacial score (nSPS) is 46.7. The van der Waals surface area contributed by atoms with E-state index in [4.69, 9.17) is 4.74 Å². The summed E-state index contributed by atoms with van der Waals surface area (Å²) in [5.74, 6) is 0.467. The molecule has 56 heavy (non-hydrogen) atoms. The second-order valence-electron chi connectivity index (χ2n) is 20.2. The first-order chi connectivity index (χ1) is 26.2. The van der Waals surface area contributed by atoms with Gasteiger partial charge in [-0.3, -0.25) is 19.1 Å². The number of hydrogen-bond acceptors (Lipinski definition) is 10. The SMILES string of the molecule is C=C(C)[C@@H]1CC[C@]2(C(=O)O)CC[C@]3(C)[C@H](CC[C@@H]4[C@@]5(C)C[C@@H](Cc6cn([C@]7(CO)O[C@@H](n8ccc(=O)[nH]c8=O)[C@H](O)[C@@H]7O)nn6)[C@H](O)C(C)(C)[C@@H]5CC[C@]43C)[C@@H]12. The van der Waals surface area contributed by atoms with Gasteiger partial charge in [0.25, 0.3) is 5.56 Å². The summed E-state index contributed by atoms with van der Waals surface area (Å²) in [6.07, 6.45) is 5.72. The maximum absolute atomic E-state index is 13.1. The predicted molar refractivity (Wildman–Crippen MR) is 204 cm³/mol. The second kappa shape index (κ2) is 12.9. The molecule has 6 fully saturated rings. The molecule has 14 nitrogen and oxygen atoms in total. The van der Waals surface area contributed by atoms with Gasteiger partial charge in [-0.15, -0.1) is 5.10 Å². The fraction of sp³-hybridized carbons (Fsp3) is 0.786. The number of nitrogens with zero attached hydrogens (tertiary/aromatic N) is 4. The number of fused-ring (bicyclic) bond motifs is 7. The van der Waals surface area contributed by atoms with Gasteiger partial charge in [0.05, 0.1) is 30.0 Å². The van der Waals surface area contributed by atoms with E-state index in [-0.39, 0.29) is 39.9 Å². The van der Waals surface area contributed by atoms with Crippen molar-refractivity contribution in [1.82, 2.24) is 24.5 Å². The summed E-state index contributed by atoms with van der Waals surface area (Å²) in [6.45, 7) is 17.5. The lowest BCUT2D eigenvalue weighted by molar-refractivity contribution is -0.256. The van der Waals surface area contributed by atoms with E-state index in [1.54, 1.807) is 6.20 Å². The van der Waals surface area contributed by atoms with Crippen LogP contribution in [0.2, 0.25) is 0 Å². The van der Waals surface area contributed by atoms with E-state index in [2.05, 4.69) is 63.4 Å². The number of aromatic amines is 1. The molecule has 0 unspecified atom stereocenters. The fourth-order valence-electron chi connectivity index (χ4n) is 14.9. The third-order valence-electron chi connectivity index (χ3n) is 17.7. The molecule has 0 amide bonds. The number of carboxylic acids is 1. The van der Waals surface area contributed by atoms with Crippen molar-refractivity contribution < 1.29 is 35.1 Å². The number of rotatable bonds is 7. The third-order valence-corrected chi connectivity index (χ3v) is 17.7. The van der Waals surface area contributed by atoms with E-state index in [1.165, 1.54) is 4.68 Å². The van der Waals surface area contributed by atoms with Gasteiger partial charge in [-0.1, -0.05) is 52.0 Å². The highest BCUT2D eigenvalue weighted by molar-refractivity contribution is 5.76. The summed E-state index contributed by atoms with van der Waals surface area (Å²) >= 11 is 0. The van der Waals surface area contributed by atoms with Crippen LogP contribution in [0.25, 0.3) is 0 Å². The smallest absolute Gasteiger partial charge is 0.330 e. The van der Waals surface area contributed by atoms with Gasteiger partial charge in [0.1, 0.15) is 12.2 Å². The number of hydrogen-bond donors (Lipinski definition) is 6. The zero-order valence-corrected chi connectivity index (χ0v) is 33.6. The molecular formula is C42H61N5O9. The molecule has 6 N–H and O–H groups in total. The van der Waals surface area contributed by atoms with Crippen LogP contribution in [0.5, 0.6) is 0 Å². The zero-order valence-electron chi connectivity index (χ0n) is 33.6. The Balaban J connectivity index is 1.08. The van der Waals surface area contributed by atoms with Crippen LogP contribution in [0.1, 0.15) is 111 Å². The van der Waals surface area contributed by atoms with Crippen LogP contribution in [0.4, 0.5) is 0 Å². The Bertz CT molecular complexity index is 2030. The van der Waals surface area contributed by atoms with Crippen molar-refractivity contribution >= 4 is 5.97 Å². The van der Waals surface area contributed by atoms with Gasteiger partial charge in [-0.2, -0.15) is 0 Å². The molecular weight excluding hydrogens is 718 g/mol. The molecule has 5 aliphatic carbocycles. The maximum atomic E-state index is 13.1. The number of carboxylic acid groups (broad SMARTS) is 1. The molecule has 0 spiro atoms. The Hall–Kier alpha value is -3.17. The van der Waals surface area contributed by atoms with Gasteiger partial charge in [0, 0.05) is 12.3 Å². The maximum Gasteiger partial charge on any atom is 0.330 e. The van der Waals surface area contributed by atoms with Gasteiger partial charge in [-0.25, -0.2) is 9.48 Å². The molecule has 14 heteroatoms. The molecule has 1 saturated heterocycles. The Morgan fingerprint density at radius 2 is 1.71 bits per heavy atom. The van der Waals surface area contributed by atoms with Gasteiger partial charge in [-0.05, 0) is 128 Å². The first-order valence-corrected chi connectivity index (χ1v) is 20.7. The van der Waals surface area contributed by atoms with Gasteiger partial charge < -0.3 is 30.3 Å². The van der Waals surface area contributed by atoms with Crippen LogP contribution in [-0.4, -0.2) is 81.0 Å². The zero-order chi connectivity index (χ0) is 40.5. The van der Waals surface area contributed by atoms with E-state index in [1.807, 2.05) is 0 Å². The molecule has 8 rings (SSSR count). The number of carbonyl (C=O) groups is 1. The minimum absolute atomic E-state index is 0.0192. The van der Waals surface area contributed by atoms with Crippen molar-refractivity contribution in [1.29, 1.82) is 0 Å². The number of H-pyrrole nitrogens is 1. The van der Waals surface area contributed by atoms with E-state index >= 15 is 0 Å². The average molecular weight is 780 g/mol. The molecule has 6 aliphatic rings. The fourth-order valence-corrected chi connectivity index (χ4v) is 14.9. The van der Waals surface area contributed by atoms with Gasteiger partial charge in [0.2, 0.25) is 5.72 Å². The van der Waals surface area contributed by atoms with Crippen LogP contribution in [-0.2, 0) is 21.7 Å². The third kappa shape index (κ3) is 5.13. The highest BCUT2D eigenvalue weighted by Crippen LogP contribution is 2.78. The molecule has 5 saturated carbocycles. The van der Waals surface area contributed by atoms with Crippen molar-refractivity contribution in [2.24, 2.45) is 62.6 Å². The van der Waals surface area contributed by atoms with E-state index in [0.717, 1.165) is 73.8 Å². The highest BCUT2D eigenvalue weighted by atomic mass is 16.6. The molecule has 15 atom stereocenters. The molecule has 0 bridgehead atoms. The summed E-state index contributed by atoms with van der Waals surface area (Å²) in [6, 6.07) is 1.09. The minimum Gasteiger partial charge on any atom is -0.481 e. The molecule has 1 aliphatic heterocycles. The number of allylic oxidation sites excluding steroid dienone is 1. The Morgan fingerprint density at radius 3 is 2.38 bits per heavy atom. The number of aromatic nitrogens is 5. The van der Waals surface area contributed by atoms with Crippen molar-refractivity contribution in [2.45, 2.75) is 136 Å². The van der Waals surface area contributed by atoms with Crippen molar-refractivity contribution in [2.75, 3.05) is 6.61 Å². The number of aliphatic hydroxyl groups is 4. The van der Waals surface area contributed by atoms with Gasteiger partial charge in [0.15, 0.2) is 6.23 Å². The standard InChI is InChI=1S/C42H61N5O9/c1-22(2)25-10-14-41(35(53)54)16-15-39(6)26(30(25)41)8-9-28-38(5)19-23(32(51)37(3,4)27(38)11-13-40(28,39)7)18-24-20-47(45-44-24)42(21-48)33(52)31(50)34(56-42)46-17-12-29(49)43-36(46)55/h12,17,20,23,25-28,30-34,48,50-52H,1,8-11,13-16,18-19,21H2,2-7H3,(H,53,54)(H,43,49,55)/t23-,25+,26-,27+,28-,30-,31-,32+,33+,34-,38+,39-,40-,41+,42-/m1/s1. The lowest BCUT2D eigenvalue weighted by Gasteiger charge is -2.73. The summed E-state index contributed by atoms with van der Waals surface area (Å²) < 4.78 is 8.13. The summed E-state index contributed by atoms with van der Waals surface area (Å²) in [4.78, 5) is 39.4. The minimum atomic E-state index is -1.98. The first-order valence-electron chi connectivity index (χ1n) is 20.7. The molecule has 2 aromatic rings. The van der Waals surface area contributed by atoms with Crippen LogP contribution < -0.4 is 11.2 Å². The Kier molecular flexibility index (Phi) is 9.14. The first kappa shape index (κ1) is 39.6. The van der Waals surface area contributed by atoms with Crippen molar-refractivity contribution in [3.05, 3.63) is 57.1 Å². The number of aliphatic hydroxyl groups excluding tert-OH is 4. The van der Waals surface area contributed by atoms with Crippen LogP contribution >= 0.6 is 0 Å². The van der Waals surface area contributed by atoms with Crippen LogP contribution in [0.3, 0.4) is 0 Å². The molecule has 0 aromatic carbocycles. The molecule has 0 radical (unpaired) electrons. The average Bonchev–Trinajstić information content (AvgIpc) is 3.83. The molecule has 3 heterocycles. The van der Waals surface area contributed by atoms with Crippen molar-refractivity contribution in [3.63, 3.8) is 0 Å². The van der Waals surface area contributed by atoms with E-state index in [9.17, 15) is 39.9 Å². The molecule has 2 aromatic heterocycles.